The van der Waals surface area contributed by atoms with Gasteiger partial charge in [0.15, 0.2) is 0 Å². The van der Waals surface area contributed by atoms with Gasteiger partial charge >= 0.3 is 0 Å². The fraction of sp³-hybridized carbons (Fsp3) is 0.417. The van der Waals surface area contributed by atoms with Gasteiger partial charge in [-0.05, 0) is 12.0 Å². The lowest BCUT2D eigenvalue weighted by Crippen LogP contribution is -2.08. The topological polar surface area (TPSA) is 17.1 Å². The summed E-state index contributed by atoms with van der Waals surface area (Å²) in [6.07, 6.45) is 1.63. The molecule has 1 heteroatoms. The molecule has 0 fully saturated rings. The van der Waals surface area contributed by atoms with Crippen molar-refractivity contribution in [1.29, 1.82) is 0 Å². The van der Waals surface area contributed by atoms with Crippen molar-refractivity contribution in [3.05, 3.63) is 35.9 Å². The van der Waals surface area contributed by atoms with Gasteiger partial charge in [-0.15, -0.1) is 0 Å². The fourth-order valence-corrected chi connectivity index (χ4v) is 1.39. The van der Waals surface area contributed by atoms with E-state index in [4.69, 9.17) is 0 Å². The van der Waals surface area contributed by atoms with Gasteiger partial charge in [0, 0.05) is 12.3 Å². The molecule has 0 radical (unpaired) electrons. The van der Waals surface area contributed by atoms with Crippen molar-refractivity contribution in [2.45, 2.75) is 32.6 Å². The summed E-state index contributed by atoms with van der Waals surface area (Å²) in [6, 6.07) is 9.95. The smallest absolute Gasteiger partial charge is 0.140 e. The molecule has 0 saturated heterocycles. The van der Waals surface area contributed by atoms with Crippen LogP contribution in [-0.4, -0.2) is 5.78 Å². The van der Waals surface area contributed by atoms with E-state index in [1.54, 1.807) is 0 Å². The Morgan fingerprint density at radius 2 is 1.92 bits per heavy atom. The molecule has 1 nitrogen and oxygen atoms in total. The molecule has 13 heavy (non-hydrogen) atoms. The highest BCUT2D eigenvalue weighted by molar-refractivity contribution is 5.85. The lowest BCUT2D eigenvalue weighted by molar-refractivity contribution is -0.120. The molecular formula is C12H16O. The van der Waals surface area contributed by atoms with Crippen LogP contribution in [0.1, 0.15) is 38.2 Å². The molecule has 1 atom stereocenters. The number of carbonyl (C=O) groups excluding carboxylic acids is 1. The van der Waals surface area contributed by atoms with Gasteiger partial charge in [0.1, 0.15) is 5.78 Å². The summed E-state index contributed by atoms with van der Waals surface area (Å²) in [4.78, 5) is 11.5. The van der Waals surface area contributed by atoms with E-state index in [1.165, 1.54) is 0 Å². The maximum Gasteiger partial charge on any atom is 0.140 e. The Balaban J connectivity index is 2.68. The van der Waals surface area contributed by atoms with Gasteiger partial charge in [0.05, 0.1) is 0 Å². The van der Waals surface area contributed by atoms with Gasteiger partial charge in [-0.1, -0.05) is 44.2 Å². The second-order valence-electron chi connectivity index (χ2n) is 3.35. The molecule has 1 aromatic carbocycles. The maximum absolute atomic E-state index is 11.5. The maximum atomic E-state index is 11.5. The van der Waals surface area contributed by atoms with Crippen LogP contribution in [0.2, 0.25) is 0 Å². The summed E-state index contributed by atoms with van der Waals surface area (Å²) in [5.74, 6) is 0.398. The Morgan fingerprint density at radius 1 is 1.31 bits per heavy atom. The van der Waals surface area contributed by atoms with E-state index in [0.29, 0.717) is 12.2 Å². The van der Waals surface area contributed by atoms with Gasteiger partial charge < -0.3 is 0 Å². The van der Waals surface area contributed by atoms with E-state index in [9.17, 15) is 4.79 Å². The van der Waals surface area contributed by atoms with Crippen molar-refractivity contribution in [3.63, 3.8) is 0 Å². The van der Waals surface area contributed by atoms with E-state index in [2.05, 4.69) is 0 Å². The van der Waals surface area contributed by atoms with Crippen LogP contribution < -0.4 is 0 Å². The van der Waals surface area contributed by atoms with Gasteiger partial charge in [-0.25, -0.2) is 0 Å². The fourth-order valence-electron chi connectivity index (χ4n) is 1.39. The van der Waals surface area contributed by atoms with E-state index in [0.717, 1.165) is 12.0 Å². The summed E-state index contributed by atoms with van der Waals surface area (Å²) >= 11 is 0. The molecule has 0 aliphatic heterocycles. The third-order valence-corrected chi connectivity index (χ3v) is 2.28. The molecule has 1 rings (SSSR count). The predicted octanol–water partition coefficient (Wildman–Crippen LogP) is 3.16. The first kappa shape index (κ1) is 9.97. The van der Waals surface area contributed by atoms with E-state index in [-0.39, 0.29) is 5.92 Å². The second kappa shape index (κ2) is 4.80. The van der Waals surface area contributed by atoms with Crippen molar-refractivity contribution in [1.82, 2.24) is 0 Å². The average molecular weight is 176 g/mol. The Bertz CT molecular complexity index is 264. The molecule has 0 N–H and O–H groups in total. The summed E-state index contributed by atoms with van der Waals surface area (Å²) in [5.41, 5.74) is 1.13. The normalized spacial score (nSPS) is 12.5. The van der Waals surface area contributed by atoms with E-state index >= 15 is 0 Å². The number of rotatable bonds is 4. The summed E-state index contributed by atoms with van der Waals surface area (Å²) in [6.45, 7) is 4.02. The lowest BCUT2D eigenvalue weighted by Gasteiger charge is -2.09. The van der Waals surface area contributed by atoms with Crippen molar-refractivity contribution < 1.29 is 4.79 Å². The SMILES string of the molecule is CCCC(=O)[C@H](C)c1ccccc1. The molecule has 0 bridgehead atoms. The minimum Gasteiger partial charge on any atom is -0.299 e. The van der Waals surface area contributed by atoms with Crippen LogP contribution in [0.5, 0.6) is 0 Å². The highest BCUT2D eigenvalue weighted by Gasteiger charge is 2.12. The molecule has 0 aliphatic rings. The Morgan fingerprint density at radius 3 is 2.46 bits per heavy atom. The largest absolute Gasteiger partial charge is 0.299 e. The monoisotopic (exact) mass is 176 g/mol. The minimum atomic E-state index is 0.0566. The second-order valence-corrected chi connectivity index (χ2v) is 3.35. The highest BCUT2D eigenvalue weighted by atomic mass is 16.1. The molecule has 0 unspecified atom stereocenters. The number of Topliss-reactive ketones (excluding diaryl/α,β-unsaturated/α-hetero) is 1. The van der Waals surface area contributed by atoms with Gasteiger partial charge in [0.25, 0.3) is 0 Å². The van der Waals surface area contributed by atoms with Crippen LogP contribution in [0.15, 0.2) is 30.3 Å². The van der Waals surface area contributed by atoms with Crippen molar-refractivity contribution in [2.24, 2.45) is 0 Å². The highest BCUT2D eigenvalue weighted by Crippen LogP contribution is 2.17. The average Bonchev–Trinajstić information content (AvgIpc) is 2.18. The zero-order chi connectivity index (χ0) is 9.68. The van der Waals surface area contributed by atoms with Crippen LogP contribution in [0.25, 0.3) is 0 Å². The van der Waals surface area contributed by atoms with Gasteiger partial charge in [0.2, 0.25) is 0 Å². The zero-order valence-corrected chi connectivity index (χ0v) is 8.29. The van der Waals surface area contributed by atoms with Crippen molar-refractivity contribution >= 4 is 5.78 Å². The van der Waals surface area contributed by atoms with E-state index in [1.807, 2.05) is 44.2 Å². The Kier molecular flexibility index (Phi) is 3.69. The molecule has 70 valence electrons. The van der Waals surface area contributed by atoms with Crippen LogP contribution >= 0.6 is 0 Å². The number of ketones is 1. The summed E-state index contributed by atoms with van der Waals surface area (Å²) in [7, 11) is 0. The molecular weight excluding hydrogens is 160 g/mol. The third kappa shape index (κ3) is 2.69. The minimum absolute atomic E-state index is 0.0566. The number of hydrogen-bond acceptors (Lipinski definition) is 1. The van der Waals surface area contributed by atoms with Crippen molar-refractivity contribution in [3.8, 4) is 0 Å². The lowest BCUT2D eigenvalue weighted by atomic mass is 9.94. The molecule has 0 spiro atoms. The number of hydrogen-bond donors (Lipinski definition) is 0. The van der Waals surface area contributed by atoms with Crippen LogP contribution in [-0.2, 0) is 4.79 Å². The first-order valence-corrected chi connectivity index (χ1v) is 4.83. The molecule has 0 amide bonds. The van der Waals surface area contributed by atoms with Gasteiger partial charge in [-0.2, -0.15) is 0 Å². The molecule has 0 heterocycles. The quantitative estimate of drug-likeness (QED) is 0.688. The van der Waals surface area contributed by atoms with Gasteiger partial charge in [-0.3, -0.25) is 4.79 Å². The standard InChI is InChI=1S/C12H16O/c1-3-7-12(13)10(2)11-8-5-4-6-9-11/h4-6,8-10H,3,7H2,1-2H3/t10-/m1/s1. The van der Waals surface area contributed by atoms with E-state index < -0.39 is 0 Å². The zero-order valence-electron chi connectivity index (χ0n) is 8.29. The third-order valence-electron chi connectivity index (χ3n) is 2.28. The number of carbonyl (C=O) groups is 1. The Hall–Kier alpha value is -1.11. The molecule has 1 aromatic rings. The first-order valence-electron chi connectivity index (χ1n) is 4.83. The Labute approximate surface area is 79.8 Å². The van der Waals surface area contributed by atoms with Crippen LogP contribution in [0.4, 0.5) is 0 Å². The van der Waals surface area contributed by atoms with Crippen molar-refractivity contribution in [2.75, 3.05) is 0 Å². The summed E-state index contributed by atoms with van der Waals surface area (Å²) < 4.78 is 0. The first-order chi connectivity index (χ1) is 6.25. The summed E-state index contributed by atoms with van der Waals surface area (Å²) in [5, 5.41) is 0. The predicted molar refractivity (Wildman–Crippen MR) is 54.8 cm³/mol. The molecule has 0 saturated carbocycles. The van der Waals surface area contributed by atoms with Crippen LogP contribution in [0.3, 0.4) is 0 Å². The number of benzene rings is 1. The van der Waals surface area contributed by atoms with Crippen LogP contribution in [0, 0.1) is 0 Å². The molecule has 0 aliphatic carbocycles. The molecule has 0 aromatic heterocycles.